The molecule has 0 unspecified atom stereocenters. The molecule has 1 heterocycles. The van der Waals surface area contributed by atoms with Gasteiger partial charge in [0.25, 0.3) is 0 Å². The van der Waals surface area contributed by atoms with E-state index in [4.69, 9.17) is 5.11 Å². The van der Waals surface area contributed by atoms with Gasteiger partial charge in [0.2, 0.25) is 0 Å². The number of aromatic nitrogens is 1. The van der Waals surface area contributed by atoms with Crippen LogP contribution in [0.5, 0.6) is 0 Å². The highest BCUT2D eigenvalue weighted by atomic mass is 16.3. The zero-order chi connectivity index (χ0) is 9.10. The van der Waals surface area contributed by atoms with E-state index < -0.39 is 0 Å². The van der Waals surface area contributed by atoms with Crippen molar-refractivity contribution < 1.29 is 5.11 Å². The van der Waals surface area contributed by atoms with Crippen LogP contribution in [0, 0.1) is 6.07 Å². The van der Waals surface area contributed by atoms with Crippen molar-refractivity contribution in [3.63, 3.8) is 0 Å². The Morgan fingerprint density at radius 2 is 2.31 bits per heavy atom. The number of benzene rings is 1. The van der Waals surface area contributed by atoms with Gasteiger partial charge < -0.3 is 5.11 Å². The molecule has 0 aliphatic heterocycles. The van der Waals surface area contributed by atoms with E-state index in [0.29, 0.717) is 6.42 Å². The molecule has 0 saturated heterocycles. The Kier molecular flexibility index (Phi) is 2.23. The third-order valence-corrected chi connectivity index (χ3v) is 2.04. The molecule has 0 amide bonds. The minimum atomic E-state index is 0.144. The lowest BCUT2D eigenvalue weighted by Gasteiger charge is -2.02. The van der Waals surface area contributed by atoms with Crippen molar-refractivity contribution in [3.05, 3.63) is 42.2 Å². The van der Waals surface area contributed by atoms with Crippen LogP contribution in [0.15, 0.2) is 30.5 Å². The van der Waals surface area contributed by atoms with Gasteiger partial charge in [-0.2, -0.15) is 0 Å². The summed E-state index contributed by atoms with van der Waals surface area (Å²) in [6, 6.07) is 10.7. The predicted octanol–water partition coefficient (Wildman–Crippen LogP) is 1.57. The predicted molar refractivity (Wildman–Crippen MR) is 51.4 cm³/mol. The Bertz CT molecular complexity index is 406. The molecular formula is C11H10NO. The number of hydrogen-bond donors (Lipinski definition) is 1. The van der Waals surface area contributed by atoms with Gasteiger partial charge >= 0.3 is 0 Å². The van der Waals surface area contributed by atoms with Crippen LogP contribution in [0.1, 0.15) is 5.69 Å². The summed E-state index contributed by atoms with van der Waals surface area (Å²) in [5, 5.41) is 11.1. The minimum absolute atomic E-state index is 0.144. The molecule has 2 heteroatoms. The molecule has 0 bridgehead atoms. The highest BCUT2D eigenvalue weighted by Crippen LogP contribution is 2.15. The standard InChI is InChI=1S/C11H10NO/c13-8-6-11-10-4-2-1-3-9(10)5-7-12-11/h2-5,7,13H,6,8H2. The van der Waals surface area contributed by atoms with Crippen LogP contribution < -0.4 is 0 Å². The average Bonchev–Trinajstić information content (AvgIpc) is 2.19. The van der Waals surface area contributed by atoms with Crippen LogP contribution in [0.4, 0.5) is 0 Å². The fourth-order valence-corrected chi connectivity index (χ4v) is 1.43. The van der Waals surface area contributed by atoms with Gasteiger partial charge in [0.15, 0.2) is 0 Å². The number of nitrogens with zero attached hydrogens (tertiary/aromatic N) is 1. The van der Waals surface area contributed by atoms with Crippen molar-refractivity contribution in [2.45, 2.75) is 6.42 Å². The summed E-state index contributed by atoms with van der Waals surface area (Å²) in [4.78, 5) is 4.22. The first-order chi connectivity index (χ1) is 6.42. The van der Waals surface area contributed by atoms with Crippen molar-refractivity contribution in [3.8, 4) is 0 Å². The number of aliphatic hydroxyl groups excluding tert-OH is 1. The number of fused-ring (bicyclic) bond motifs is 1. The Balaban J connectivity index is 2.61. The lowest BCUT2D eigenvalue weighted by molar-refractivity contribution is 0.298. The van der Waals surface area contributed by atoms with Gasteiger partial charge in [-0.3, -0.25) is 4.98 Å². The first kappa shape index (κ1) is 8.20. The Morgan fingerprint density at radius 1 is 1.38 bits per heavy atom. The molecule has 0 saturated carbocycles. The van der Waals surface area contributed by atoms with Crippen molar-refractivity contribution in [1.82, 2.24) is 4.98 Å². The molecule has 65 valence electrons. The SMILES string of the molecule is OCCc1nccc2c[c]ccc12. The van der Waals surface area contributed by atoms with Gasteiger partial charge in [0, 0.05) is 24.6 Å². The summed E-state index contributed by atoms with van der Waals surface area (Å²) in [6.07, 6.45) is 2.38. The quantitative estimate of drug-likeness (QED) is 0.745. The maximum absolute atomic E-state index is 8.83. The number of pyridine rings is 1. The second-order valence-corrected chi connectivity index (χ2v) is 2.88. The molecule has 1 aromatic carbocycles. The second kappa shape index (κ2) is 3.54. The maximum Gasteiger partial charge on any atom is 0.0504 e. The molecule has 0 spiro atoms. The molecule has 1 radical (unpaired) electrons. The summed E-state index contributed by atoms with van der Waals surface area (Å²) in [5.74, 6) is 0. The van der Waals surface area contributed by atoms with Crippen molar-refractivity contribution >= 4 is 10.8 Å². The molecule has 0 aliphatic rings. The van der Waals surface area contributed by atoms with Crippen molar-refractivity contribution in [2.75, 3.05) is 6.61 Å². The molecular weight excluding hydrogens is 162 g/mol. The summed E-state index contributed by atoms with van der Waals surface area (Å²) in [6.45, 7) is 0.144. The van der Waals surface area contributed by atoms with Gasteiger partial charge in [-0.1, -0.05) is 12.1 Å². The van der Waals surface area contributed by atoms with E-state index in [0.717, 1.165) is 16.5 Å². The third kappa shape index (κ3) is 1.53. The molecule has 2 rings (SSSR count). The number of rotatable bonds is 2. The summed E-state index contributed by atoms with van der Waals surface area (Å²) < 4.78 is 0. The zero-order valence-electron chi connectivity index (χ0n) is 7.20. The Hall–Kier alpha value is -1.41. The lowest BCUT2D eigenvalue weighted by atomic mass is 10.1. The molecule has 1 aromatic heterocycles. The van der Waals surface area contributed by atoms with Gasteiger partial charge in [0.05, 0.1) is 5.69 Å². The summed E-state index contributed by atoms with van der Waals surface area (Å²) >= 11 is 0. The van der Waals surface area contributed by atoms with E-state index in [1.54, 1.807) is 6.20 Å². The fourth-order valence-electron chi connectivity index (χ4n) is 1.43. The lowest BCUT2D eigenvalue weighted by Crippen LogP contribution is -1.95. The van der Waals surface area contributed by atoms with E-state index in [-0.39, 0.29) is 6.61 Å². The molecule has 0 aliphatic carbocycles. The minimum Gasteiger partial charge on any atom is -0.396 e. The van der Waals surface area contributed by atoms with Gasteiger partial charge in [-0.25, -0.2) is 0 Å². The van der Waals surface area contributed by atoms with E-state index in [9.17, 15) is 0 Å². The molecule has 1 N–H and O–H groups in total. The highest BCUT2D eigenvalue weighted by Gasteiger charge is 1.99. The average molecular weight is 172 g/mol. The largest absolute Gasteiger partial charge is 0.396 e. The molecule has 2 nitrogen and oxygen atoms in total. The first-order valence-corrected chi connectivity index (χ1v) is 4.26. The van der Waals surface area contributed by atoms with Crippen LogP contribution in [0.3, 0.4) is 0 Å². The molecule has 0 fully saturated rings. The number of aliphatic hydroxyl groups is 1. The van der Waals surface area contributed by atoms with E-state index in [2.05, 4.69) is 11.1 Å². The molecule has 0 atom stereocenters. The third-order valence-electron chi connectivity index (χ3n) is 2.04. The molecule has 2 aromatic rings. The van der Waals surface area contributed by atoms with Crippen molar-refractivity contribution in [1.29, 1.82) is 0 Å². The van der Waals surface area contributed by atoms with E-state index in [1.807, 2.05) is 24.3 Å². The Labute approximate surface area is 76.9 Å². The van der Waals surface area contributed by atoms with Gasteiger partial charge in [-0.05, 0) is 23.6 Å². The van der Waals surface area contributed by atoms with E-state index in [1.165, 1.54) is 0 Å². The summed E-state index contributed by atoms with van der Waals surface area (Å²) in [7, 11) is 0. The fraction of sp³-hybridized carbons (Fsp3) is 0.182. The molecule has 13 heavy (non-hydrogen) atoms. The normalized spacial score (nSPS) is 10.5. The van der Waals surface area contributed by atoms with Crippen LogP contribution in [-0.4, -0.2) is 16.7 Å². The van der Waals surface area contributed by atoms with E-state index >= 15 is 0 Å². The topological polar surface area (TPSA) is 33.1 Å². The maximum atomic E-state index is 8.83. The van der Waals surface area contributed by atoms with Crippen LogP contribution in [0.25, 0.3) is 10.8 Å². The highest BCUT2D eigenvalue weighted by molar-refractivity contribution is 5.84. The second-order valence-electron chi connectivity index (χ2n) is 2.88. The monoisotopic (exact) mass is 172 g/mol. The number of hydrogen-bond acceptors (Lipinski definition) is 2. The smallest absolute Gasteiger partial charge is 0.0504 e. The zero-order valence-corrected chi connectivity index (χ0v) is 7.20. The Morgan fingerprint density at radius 3 is 3.15 bits per heavy atom. The van der Waals surface area contributed by atoms with Crippen LogP contribution in [0.2, 0.25) is 0 Å². The first-order valence-electron chi connectivity index (χ1n) is 4.26. The van der Waals surface area contributed by atoms with Gasteiger partial charge in [-0.15, -0.1) is 0 Å². The van der Waals surface area contributed by atoms with Crippen LogP contribution >= 0.6 is 0 Å². The summed E-state index contributed by atoms with van der Waals surface area (Å²) in [5.41, 5.74) is 0.953. The van der Waals surface area contributed by atoms with Gasteiger partial charge in [0.1, 0.15) is 0 Å². The van der Waals surface area contributed by atoms with Crippen molar-refractivity contribution in [2.24, 2.45) is 0 Å². The van der Waals surface area contributed by atoms with Crippen LogP contribution in [-0.2, 0) is 6.42 Å².